The Hall–Kier alpha value is -2.08. The first kappa shape index (κ1) is 15.3. The lowest BCUT2D eigenvalue weighted by Crippen LogP contribution is -2.26. The van der Waals surface area contributed by atoms with E-state index in [0.717, 1.165) is 4.31 Å². The molecule has 6 heteroatoms. The molecule has 0 radical (unpaired) electrons. The zero-order valence-corrected chi connectivity index (χ0v) is 12.6. The monoisotopic (exact) mass is 309 g/mol. The molecule has 4 nitrogen and oxygen atoms in total. The summed E-state index contributed by atoms with van der Waals surface area (Å²) < 4.78 is 44.3. The summed E-state index contributed by atoms with van der Waals surface area (Å²) in [6.07, 6.45) is 0. The van der Waals surface area contributed by atoms with Crippen LogP contribution in [0.1, 0.15) is 6.92 Å². The molecule has 0 saturated carbocycles. The minimum atomic E-state index is -3.68. The summed E-state index contributed by atoms with van der Waals surface area (Å²) >= 11 is 0. The topological polar surface area (TPSA) is 46.6 Å². The molecule has 0 aliphatic heterocycles. The van der Waals surface area contributed by atoms with E-state index >= 15 is 0 Å². The highest BCUT2D eigenvalue weighted by molar-refractivity contribution is 7.92. The van der Waals surface area contributed by atoms with Crippen molar-refractivity contribution in [3.8, 4) is 5.75 Å². The van der Waals surface area contributed by atoms with Gasteiger partial charge in [-0.15, -0.1) is 0 Å². The Kier molecular flexibility index (Phi) is 4.47. The second-order valence-electron chi connectivity index (χ2n) is 4.35. The second-order valence-corrected chi connectivity index (χ2v) is 6.32. The van der Waals surface area contributed by atoms with Gasteiger partial charge in [-0.05, 0) is 55.5 Å². The third kappa shape index (κ3) is 3.33. The third-order valence-corrected chi connectivity index (χ3v) is 4.78. The summed E-state index contributed by atoms with van der Waals surface area (Å²) in [5.74, 6) is 0.200. The number of halogens is 1. The van der Waals surface area contributed by atoms with Gasteiger partial charge in [0.15, 0.2) is 0 Å². The minimum Gasteiger partial charge on any atom is -0.494 e. The van der Waals surface area contributed by atoms with Crippen LogP contribution in [0.2, 0.25) is 0 Å². The van der Waals surface area contributed by atoms with Gasteiger partial charge in [0.25, 0.3) is 10.0 Å². The molecular weight excluding hydrogens is 293 g/mol. The Morgan fingerprint density at radius 1 is 1.05 bits per heavy atom. The fraction of sp³-hybridized carbons (Fsp3) is 0.200. The Bertz CT molecular complexity index is 697. The van der Waals surface area contributed by atoms with E-state index in [-0.39, 0.29) is 4.90 Å². The molecule has 0 aliphatic carbocycles. The number of hydrogen-bond acceptors (Lipinski definition) is 3. The largest absolute Gasteiger partial charge is 0.494 e. The first-order chi connectivity index (χ1) is 9.95. The van der Waals surface area contributed by atoms with Gasteiger partial charge >= 0.3 is 0 Å². The van der Waals surface area contributed by atoms with Crippen LogP contribution in [0.5, 0.6) is 5.75 Å². The molecule has 0 amide bonds. The van der Waals surface area contributed by atoms with Crippen LogP contribution in [0.4, 0.5) is 10.1 Å². The van der Waals surface area contributed by atoms with Gasteiger partial charge in [-0.3, -0.25) is 4.31 Å². The Morgan fingerprint density at radius 2 is 1.62 bits per heavy atom. The minimum absolute atomic E-state index is 0.151. The molecule has 0 aliphatic rings. The van der Waals surface area contributed by atoms with Crippen molar-refractivity contribution in [2.24, 2.45) is 0 Å². The number of benzene rings is 2. The van der Waals surface area contributed by atoms with Crippen LogP contribution in [0.15, 0.2) is 53.4 Å². The smallest absolute Gasteiger partial charge is 0.264 e. The zero-order valence-electron chi connectivity index (χ0n) is 11.8. The first-order valence-electron chi connectivity index (χ1n) is 6.42. The van der Waals surface area contributed by atoms with Crippen molar-refractivity contribution in [1.82, 2.24) is 0 Å². The SMILES string of the molecule is CCOc1ccc(S(=O)(=O)N(C)c2ccc(F)cc2)cc1. The molecular formula is C15H16FNO3S. The zero-order chi connectivity index (χ0) is 15.5. The van der Waals surface area contributed by atoms with Gasteiger partial charge in [0, 0.05) is 7.05 Å². The fourth-order valence-corrected chi connectivity index (χ4v) is 3.02. The van der Waals surface area contributed by atoms with Crippen LogP contribution in [0.25, 0.3) is 0 Å². The van der Waals surface area contributed by atoms with Gasteiger partial charge in [-0.1, -0.05) is 0 Å². The van der Waals surface area contributed by atoms with E-state index in [1.807, 2.05) is 6.92 Å². The average molecular weight is 309 g/mol. The molecule has 2 aromatic rings. The maximum absolute atomic E-state index is 12.9. The Labute approximate surface area is 123 Å². The summed E-state index contributed by atoms with van der Waals surface area (Å²) in [5.41, 5.74) is 0.394. The summed E-state index contributed by atoms with van der Waals surface area (Å²) in [4.78, 5) is 0.151. The van der Waals surface area contributed by atoms with E-state index < -0.39 is 15.8 Å². The number of nitrogens with zero attached hydrogens (tertiary/aromatic N) is 1. The molecule has 2 aromatic carbocycles. The van der Waals surface area contributed by atoms with E-state index in [1.54, 1.807) is 12.1 Å². The van der Waals surface area contributed by atoms with Gasteiger partial charge < -0.3 is 4.74 Å². The van der Waals surface area contributed by atoms with Gasteiger partial charge in [-0.2, -0.15) is 0 Å². The Balaban J connectivity index is 2.30. The van der Waals surface area contributed by atoms with Crippen LogP contribution in [0.3, 0.4) is 0 Å². The van der Waals surface area contributed by atoms with Crippen molar-refractivity contribution in [1.29, 1.82) is 0 Å². The van der Waals surface area contributed by atoms with E-state index in [0.29, 0.717) is 18.0 Å². The second kappa shape index (κ2) is 6.13. The van der Waals surface area contributed by atoms with Crippen LogP contribution in [-0.2, 0) is 10.0 Å². The Morgan fingerprint density at radius 3 is 2.14 bits per heavy atom. The third-order valence-electron chi connectivity index (χ3n) is 2.98. The molecule has 112 valence electrons. The van der Waals surface area contributed by atoms with Gasteiger partial charge in [-0.25, -0.2) is 12.8 Å². The molecule has 0 aromatic heterocycles. The van der Waals surface area contributed by atoms with E-state index in [4.69, 9.17) is 4.74 Å². The van der Waals surface area contributed by atoms with Crippen molar-refractivity contribution in [2.75, 3.05) is 18.0 Å². The maximum Gasteiger partial charge on any atom is 0.264 e. The van der Waals surface area contributed by atoms with Crippen molar-refractivity contribution in [3.05, 3.63) is 54.3 Å². The standard InChI is InChI=1S/C15H16FNO3S/c1-3-20-14-8-10-15(11-9-14)21(18,19)17(2)13-6-4-12(16)5-7-13/h4-11H,3H2,1-2H3. The molecule has 2 rings (SSSR count). The van der Waals surface area contributed by atoms with Gasteiger partial charge in [0.05, 0.1) is 17.2 Å². The fourth-order valence-electron chi connectivity index (χ4n) is 1.82. The highest BCUT2D eigenvalue weighted by Gasteiger charge is 2.21. The predicted molar refractivity (Wildman–Crippen MR) is 79.6 cm³/mol. The molecule has 21 heavy (non-hydrogen) atoms. The van der Waals surface area contributed by atoms with E-state index in [1.165, 1.54) is 43.4 Å². The molecule has 0 bridgehead atoms. The molecule has 0 unspecified atom stereocenters. The highest BCUT2D eigenvalue weighted by atomic mass is 32.2. The highest BCUT2D eigenvalue weighted by Crippen LogP contribution is 2.23. The van der Waals surface area contributed by atoms with Crippen LogP contribution in [-0.4, -0.2) is 22.1 Å². The lowest BCUT2D eigenvalue weighted by molar-refractivity contribution is 0.340. The van der Waals surface area contributed by atoms with Crippen molar-refractivity contribution in [2.45, 2.75) is 11.8 Å². The molecule has 0 heterocycles. The number of rotatable bonds is 5. The van der Waals surface area contributed by atoms with Gasteiger partial charge in [0.1, 0.15) is 11.6 Å². The molecule has 0 fully saturated rings. The quantitative estimate of drug-likeness (QED) is 0.853. The maximum atomic E-state index is 12.9. The molecule has 0 spiro atoms. The summed E-state index contributed by atoms with van der Waals surface area (Å²) in [6, 6.07) is 11.5. The molecule has 0 N–H and O–H groups in total. The molecule has 0 atom stereocenters. The van der Waals surface area contributed by atoms with Crippen LogP contribution >= 0.6 is 0 Å². The van der Waals surface area contributed by atoms with Crippen LogP contribution < -0.4 is 9.04 Å². The number of anilines is 1. The van der Waals surface area contributed by atoms with E-state index in [9.17, 15) is 12.8 Å². The van der Waals surface area contributed by atoms with Crippen molar-refractivity contribution < 1.29 is 17.5 Å². The van der Waals surface area contributed by atoms with Crippen LogP contribution in [0, 0.1) is 5.82 Å². The normalized spacial score (nSPS) is 11.2. The van der Waals surface area contributed by atoms with Crippen molar-refractivity contribution in [3.63, 3.8) is 0 Å². The average Bonchev–Trinajstić information content (AvgIpc) is 2.48. The first-order valence-corrected chi connectivity index (χ1v) is 7.86. The summed E-state index contributed by atoms with van der Waals surface area (Å²) in [5, 5.41) is 0. The lowest BCUT2D eigenvalue weighted by Gasteiger charge is -2.19. The summed E-state index contributed by atoms with van der Waals surface area (Å²) in [7, 11) is -2.25. The van der Waals surface area contributed by atoms with E-state index in [2.05, 4.69) is 0 Å². The number of hydrogen-bond donors (Lipinski definition) is 0. The molecule has 0 saturated heterocycles. The lowest BCUT2D eigenvalue weighted by atomic mass is 10.3. The number of ether oxygens (including phenoxy) is 1. The summed E-state index contributed by atoms with van der Waals surface area (Å²) in [6.45, 7) is 2.37. The predicted octanol–water partition coefficient (Wildman–Crippen LogP) is 3.05. The van der Waals surface area contributed by atoms with Gasteiger partial charge in [0.2, 0.25) is 0 Å². The van der Waals surface area contributed by atoms with Crippen molar-refractivity contribution >= 4 is 15.7 Å². The number of sulfonamides is 1.